The Labute approximate surface area is 136 Å². The van der Waals surface area contributed by atoms with Gasteiger partial charge in [0, 0.05) is 18.2 Å². The minimum absolute atomic E-state index is 0.142. The second-order valence-corrected chi connectivity index (χ2v) is 6.91. The van der Waals surface area contributed by atoms with Gasteiger partial charge in [0.1, 0.15) is 5.76 Å². The van der Waals surface area contributed by atoms with Crippen LogP contribution in [0.3, 0.4) is 0 Å². The summed E-state index contributed by atoms with van der Waals surface area (Å²) in [6, 6.07) is 4.28. The molecule has 1 N–H and O–H groups in total. The van der Waals surface area contributed by atoms with Crippen LogP contribution >= 0.6 is 0 Å². The number of aromatic hydroxyl groups is 1. The lowest BCUT2D eigenvalue weighted by Crippen LogP contribution is -2.59. The van der Waals surface area contributed by atoms with Gasteiger partial charge >= 0.3 is 0 Å². The monoisotopic (exact) mass is 311 g/mol. The van der Waals surface area contributed by atoms with Crippen molar-refractivity contribution in [2.24, 2.45) is 0 Å². The number of piperidine rings is 1. The molecule has 4 aliphatic rings. The molecular weight excluding hydrogens is 290 g/mol. The lowest BCUT2D eigenvalue weighted by Gasteiger charge is -2.53. The largest absolute Gasteiger partial charge is 0.504 e. The summed E-state index contributed by atoms with van der Waals surface area (Å²) in [4.78, 5) is 2.56. The summed E-state index contributed by atoms with van der Waals surface area (Å²) in [5.74, 6) is 1.78. The van der Waals surface area contributed by atoms with Crippen LogP contribution in [0.25, 0.3) is 0 Å². The van der Waals surface area contributed by atoms with Gasteiger partial charge in [-0.2, -0.15) is 0 Å². The van der Waals surface area contributed by atoms with Crippen LogP contribution in [0.15, 0.2) is 35.6 Å². The zero-order chi connectivity index (χ0) is 15.8. The molecule has 5 rings (SSSR count). The van der Waals surface area contributed by atoms with E-state index in [2.05, 4.69) is 30.0 Å². The topological polar surface area (TPSA) is 41.9 Å². The average molecular weight is 311 g/mol. The molecule has 2 aliphatic heterocycles. The second-order valence-electron chi connectivity index (χ2n) is 6.91. The Morgan fingerprint density at radius 3 is 3.04 bits per heavy atom. The molecule has 120 valence electrons. The number of ether oxygens (including phenoxy) is 2. The van der Waals surface area contributed by atoms with Crippen LogP contribution in [0.2, 0.25) is 0 Å². The summed E-state index contributed by atoms with van der Waals surface area (Å²) in [7, 11) is 1.70. The minimum atomic E-state index is -0.155. The van der Waals surface area contributed by atoms with E-state index >= 15 is 0 Å². The van der Waals surface area contributed by atoms with Crippen molar-refractivity contribution in [2.45, 2.75) is 37.3 Å². The smallest absolute Gasteiger partial charge is 0.169 e. The molecule has 4 heteroatoms. The highest BCUT2D eigenvalue weighted by molar-refractivity contribution is 5.67. The SMILES string of the molecule is CCN1CC[C@@]23C4=CC=C(OC)[C@@H]2Oc2c(O)ccc(c23)C[C@H]41. The van der Waals surface area contributed by atoms with Gasteiger partial charge in [0.15, 0.2) is 17.6 Å². The minimum Gasteiger partial charge on any atom is -0.504 e. The van der Waals surface area contributed by atoms with Crippen LogP contribution in [-0.4, -0.2) is 42.4 Å². The molecule has 23 heavy (non-hydrogen) atoms. The number of allylic oxidation sites excluding steroid dienone is 2. The lowest BCUT2D eigenvalue weighted by atomic mass is 9.57. The number of phenols is 1. The van der Waals surface area contributed by atoms with E-state index in [1.165, 1.54) is 16.7 Å². The molecule has 1 aromatic rings. The molecule has 2 heterocycles. The molecule has 0 aromatic heterocycles. The van der Waals surface area contributed by atoms with Crippen molar-refractivity contribution in [3.63, 3.8) is 0 Å². The van der Waals surface area contributed by atoms with Gasteiger partial charge in [0.05, 0.1) is 12.5 Å². The van der Waals surface area contributed by atoms with Crippen LogP contribution in [0, 0.1) is 0 Å². The first-order valence-corrected chi connectivity index (χ1v) is 8.43. The van der Waals surface area contributed by atoms with E-state index in [1.54, 1.807) is 13.2 Å². The summed E-state index contributed by atoms with van der Waals surface area (Å²) < 4.78 is 11.9. The van der Waals surface area contributed by atoms with Crippen LogP contribution < -0.4 is 4.74 Å². The second kappa shape index (κ2) is 4.32. The van der Waals surface area contributed by atoms with Crippen molar-refractivity contribution in [3.8, 4) is 11.5 Å². The van der Waals surface area contributed by atoms with E-state index < -0.39 is 0 Å². The van der Waals surface area contributed by atoms with Crippen molar-refractivity contribution in [3.05, 3.63) is 46.7 Å². The number of rotatable bonds is 2. The highest BCUT2D eigenvalue weighted by Gasteiger charge is 2.62. The number of likely N-dealkylation sites (tertiary alicyclic amines) is 1. The van der Waals surface area contributed by atoms with E-state index in [0.717, 1.165) is 31.7 Å². The molecule has 1 spiro atoms. The van der Waals surface area contributed by atoms with Gasteiger partial charge in [-0.15, -0.1) is 0 Å². The highest BCUT2D eigenvalue weighted by atomic mass is 16.5. The number of benzene rings is 1. The van der Waals surface area contributed by atoms with Gasteiger partial charge < -0.3 is 14.6 Å². The molecule has 0 radical (unpaired) electrons. The van der Waals surface area contributed by atoms with Crippen molar-refractivity contribution >= 4 is 0 Å². The number of nitrogens with zero attached hydrogens (tertiary/aromatic N) is 1. The standard InChI is InChI=1S/C19H21NO3/c1-3-20-9-8-19-12-5-7-15(22-2)18(19)23-17-14(21)6-4-11(16(17)19)10-13(12)20/h4-7,13,18,21H,3,8-10H2,1-2H3/t13-,18+,19+/m1/s1. The molecule has 0 amide bonds. The van der Waals surface area contributed by atoms with Crippen molar-refractivity contribution in [1.29, 1.82) is 0 Å². The average Bonchev–Trinajstić information content (AvgIpc) is 2.91. The third-order valence-corrected chi connectivity index (χ3v) is 6.20. The number of hydrogen-bond acceptors (Lipinski definition) is 4. The number of phenolic OH excluding ortho intramolecular Hbond substituents is 1. The molecule has 0 saturated carbocycles. The fraction of sp³-hybridized carbons (Fsp3) is 0.474. The Morgan fingerprint density at radius 2 is 2.26 bits per heavy atom. The van der Waals surface area contributed by atoms with Gasteiger partial charge in [0.2, 0.25) is 0 Å². The van der Waals surface area contributed by atoms with Crippen LogP contribution in [-0.2, 0) is 16.6 Å². The van der Waals surface area contributed by atoms with Gasteiger partial charge in [-0.1, -0.05) is 19.1 Å². The van der Waals surface area contributed by atoms with Crippen molar-refractivity contribution in [1.82, 2.24) is 4.90 Å². The normalized spacial score (nSPS) is 33.5. The maximum absolute atomic E-state index is 10.3. The Balaban J connectivity index is 1.82. The molecule has 1 saturated heterocycles. The third-order valence-electron chi connectivity index (χ3n) is 6.20. The van der Waals surface area contributed by atoms with Crippen LogP contribution in [0.5, 0.6) is 11.5 Å². The molecule has 2 bridgehead atoms. The number of likely N-dealkylation sites (N-methyl/N-ethyl adjacent to an activating group) is 1. The van der Waals surface area contributed by atoms with E-state index in [0.29, 0.717) is 11.8 Å². The van der Waals surface area contributed by atoms with Gasteiger partial charge in [-0.05, 0) is 42.7 Å². The third kappa shape index (κ3) is 1.41. The molecule has 3 atom stereocenters. The maximum atomic E-state index is 10.3. The summed E-state index contributed by atoms with van der Waals surface area (Å²) in [6.45, 7) is 4.35. The zero-order valence-electron chi connectivity index (χ0n) is 13.5. The zero-order valence-corrected chi connectivity index (χ0v) is 13.5. The molecule has 1 aromatic carbocycles. The van der Waals surface area contributed by atoms with Gasteiger partial charge in [-0.3, -0.25) is 4.90 Å². The predicted octanol–water partition coefficient (Wildman–Crippen LogP) is 2.51. The quantitative estimate of drug-likeness (QED) is 0.911. The Kier molecular flexibility index (Phi) is 2.54. The van der Waals surface area contributed by atoms with Gasteiger partial charge in [-0.25, -0.2) is 0 Å². The summed E-state index contributed by atoms with van der Waals surface area (Å²) in [6.07, 6.45) is 6.16. The summed E-state index contributed by atoms with van der Waals surface area (Å²) in [5, 5.41) is 10.3. The first-order valence-electron chi connectivity index (χ1n) is 8.43. The summed E-state index contributed by atoms with van der Waals surface area (Å²) in [5.41, 5.74) is 3.81. The highest BCUT2D eigenvalue weighted by Crippen LogP contribution is 2.62. The van der Waals surface area contributed by atoms with Crippen molar-refractivity contribution in [2.75, 3.05) is 20.2 Å². The molecule has 0 unspecified atom stereocenters. The molecule has 1 fully saturated rings. The summed E-state index contributed by atoms with van der Waals surface area (Å²) >= 11 is 0. The van der Waals surface area contributed by atoms with E-state index in [9.17, 15) is 5.11 Å². The predicted molar refractivity (Wildman–Crippen MR) is 86.7 cm³/mol. The Hall–Kier alpha value is -1.94. The maximum Gasteiger partial charge on any atom is 0.169 e. The first kappa shape index (κ1) is 13.5. The fourth-order valence-corrected chi connectivity index (χ4v) is 5.23. The van der Waals surface area contributed by atoms with E-state index in [-0.39, 0.29) is 17.3 Å². The number of hydrogen-bond donors (Lipinski definition) is 1. The molecule has 2 aliphatic carbocycles. The lowest BCUT2D eigenvalue weighted by molar-refractivity contribution is 0.0663. The van der Waals surface area contributed by atoms with Crippen molar-refractivity contribution < 1.29 is 14.6 Å². The molecule has 4 nitrogen and oxygen atoms in total. The molecular formula is C19H21NO3. The van der Waals surface area contributed by atoms with Crippen LogP contribution in [0.4, 0.5) is 0 Å². The fourth-order valence-electron chi connectivity index (χ4n) is 5.23. The first-order chi connectivity index (χ1) is 11.2. The Bertz CT molecular complexity index is 766. The van der Waals surface area contributed by atoms with E-state index in [1.807, 2.05) is 0 Å². The Morgan fingerprint density at radius 1 is 1.39 bits per heavy atom. The van der Waals surface area contributed by atoms with Gasteiger partial charge in [0.25, 0.3) is 0 Å². The number of methoxy groups -OCH3 is 1. The van der Waals surface area contributed by atoms with E-state index in [4.69, 9.17) is 9.47 Å². The van der Waals surface area contributed by atoms with Crippen LogP contribution in [0.1, 0.15) is 24.5 Å².